The number of rotatable bonds is 4. The van der Waals surface area contributed by atoms with Crippen molar-refractivity contribution in [3.05, 3.63) is 29.8 Å². The molecule has 1 aromatic carbocycles. The quantitative estimate of drug-likeness (QED) is 0.880. The van der Waals surface area contributed by atoms with Gasteiger partial charge >= 0.3 is 6.36 Å². The lowest BCUT2D eigenvalue weighted by atomic mass is 10.1. The van der Waals surface area contributed by atoms with E-state index in [1.807, 2.05) is 7.05 Å². The van der Waals surface area contributed by atoms with Crippen LogP contribution < -0.4 is 10.1 Å². The summed E-state index contributed by atoms with van der Waals surface area (Å²) < 4.78 is 39.7. The van der Waals surface area contributed by atoms with E-state index >= 15 is 0 Å². The first-order chi connectivity index (χ1) is 7.99. The molecule has 94 valence electrons. The van der Waals surface area contributed by atoms with Gasteiger partial charge in [-0.2, -0.15) is 0 Å². The van der Waals surface area contributed by atoms with Crippen molar-refractivity contribution in [3.63, 3.8) is 0 Å². The molecule has 1 aromatic rings. The minimum atomic E-state index is -4.62. The summed E-state index contributed by atoms with van der Waals surface area (Å²) >= 11 is 0. The van der Waals surface area contributed by atoms with Gasteiger partial charge in [-0.05, 0) is 49.5 Å². The lowest BCUT2D eigenvalue weighted by Crippen LogP contribution is -2.17. The molecule has 0 unspecified atom stereocenters. The topological polar surface area (TPSA) is 21.3 Å². The number of hydrogen-bond donors (Lipinski definition) is 1. The average Bonchev–Trinajstić information content (AvgIpc) is 2.96. The van der Waals surface area contributed by atoms with E-state index in [1.54, 1.807) is 12.1 Å². The van der Waals surface area contributed by atoms with Gasteiger partial charge < -0.3 is 10.1 Å². The molecule has 0 radical (unpaired) electrons. The molecule has 0 aliphatic heterocycles. The summed E-state index contributed by atoms with van der Waals surface area (Å²) in [5.41, 5.74) is 1.08. The van der Waals surface area contributed by atoms with Gasteiger partial charge in [0.2, 0.25) is 0 Å². The second kappa shape index (κ2) is 4.56. The third-order valence-corrected chi connectivity index (χ3v) is 2.93. The van der Waals surface area contributed by atoms with Gasteiger partial charge in [-0.15, -0.1) is 13.2 Å². The van der Waals surface area contributed by atoms with Gasteiger partial charge in [0.15, 0.2) is 0 Å². The van der Waals surface area contributed by atoms with Gasteiger partial charge in [-0.25, -0.2) is 0 Å². The fourth-order valence-corrected chi connectivity index (χ4v) is 2.06. The van der Waals surface area contributed by atoms with Crippen LogP contribution in [0.4, 0.5) is 13.2 Å². The molecule has 1 N–H and O–H groups in total. The van der Waals surface area contributed by atoms with Crippen molar-refractivity contribution >= 4 is 0 Å². The first kappa shape index (κ1) is 12.2. The van der Waals surface area contributed by atoms with Crippen molar-refractivity contribution in [3.8, 4) is 5.75 Å². The molecule has 1 aliphatic carbocycles. The molecular weight excluding hydrogens is 231 g/mol. The van der Waals surface area contributed by atoms with E-state index in [9.17, 15) is 13.2 Å². The van der Waals surface area contributed by atoms with E-state index in [0.29, 0.717) is 11.8 Å². The van der Waals surface area contributed by atoms with Crippen LogP contribution in [0.5, 0.6) is 5.75 Å². The summed E-state index contributed by atoms with van der Waals surface area (Å²) in [4.78, 5) is 0. The average molecular weight is 245 g/mol. The summed E-state index contributed by atoms with van der Waals surface area (Å²) in [7, 11) is 1.90. The second-order valence-electron chi connectivity index (χ2n) is 4.28. The lowest BCUT2D eigenvalue weighted by molar-refractivity contribution is -0.274. The van der Waals surface area contributed by atoms with Crippen molar-refractivity contribution < 1.29 is 17.9 Å². The highest BCUT2D eigenvalue weighted by atomic mass is 19.4. The molecule has 0 amide bonds. The second-order valence-corrected chi connectivity index (χ2v) is 4.28. The molecule has 1 aliphatic rings. The Kier molecular flexibility index (Phi) is 3.28. The van der Waals surface area contributed by atoms with Crippen molar-refractivity contribution in [2.75, 3.05) is 13.6 Å². The SMILES string of the molecule is CNC[C@@H]1C[C@@H]1c1ccc(OC(F)(F)F)cc1. The summed E-state index contributed by atoms with van der Waals surface area (Å²) in [5, 5.41) is 3.10. The molecule has 2 atom stereocenters. The Balaban J connectivity index is 1.95. The zero-order valence-electron chi connectivity index (χ0n) is 9.42. The maximum absolute atomic E-state index is 11.9. The predicted molar refractivity (Wildman–Crippen MR) is 57.9 cm³/mol. The van der Waals surface area contributed by atoms with Gasteiger partial charge in [0.05, 0.1) is 0 Å². The van der Waals surface area contributed by atoms with Crippen LogP contribution in [0.15, 0.2) is 24.3 Å². The Morgan fingerprint density at radius 2 is 1.94 bits per heavy atom. The number of hydrogen-bond acceptors (Lipinski definition) is 2. The number of alkyl halides is 3. The normalized spacial score (nSPS) is 23.5. The number of ether oxygens (including phenoxy) is 1. The molecule has 0 spiro atoms. The third-order valence-electron chi connectivity index (χ3n) is 2.93. The summed E-state index contributed by atoms with van der Waals surface area (Å²) in [6, 6.07) is 6.16. The fraction of sp³-hybridized carbons (Fsp3) is 0.500. The van der Waals surface area contributed by atoms with Gasteiger partial charge in [0.25, 0.3) is 0 Å². The van der Waals surface area contributed by atoms with Crippen LogP contribution in [0, 0.1) is 5.92 Å². The Labute approximate surface area is 97.8 Å². The largest absolute Gasteiger partial charge is 0.573 e. The van der Waals surface area contributed by atoms with E-state index in [0.717, 1.165) is 18.5 Å². The summed E-state index contributed by atoms with van der Waals surface area (Å²) in [5.74, 6) is 0.920. The number of benzene rings is 1. The Morgan fingerprint density at radius 3 is 2.47 bits per heavy atom. The highest BCUT2D eigenvalue weighted by molar-refractivity contribution is 5.32. The molecule has 1 fully saturated rings. The van der Waals surface area contributed by atoms with Gasteiger partial charge in [0.1, 0.15) is 5.75 Å². The molecule has 1 saturated carbocycles. The number of nitrogens with one attached hydrogen (secondary N) is 1. The zero-order valence-corrected chi connectivity index (χ0v) is 9.42. The van der Waals surface area contributed by atoms with Crippen LogP contribution in [-0.4, -0.2) is 20.0 Å². The Morgan fingerprint density at radius 1 is 1.29 bits per heavy atom. The van der Waals surface area contributed by atoms with Crippen LogP contribution in [0.2, 0.25) is 0 Å². The van der Waals surface area contributed by atoms with E-state index < -0.39 is 6.36 Å². The molecule has 0 heterocycles. The van der Waals surface area contributed by atoms with Crippen molar-refractivity contribution in [1.82, 2.24) is 5.32 Å². The molecule has 17 heavy (non-hydrogen) atoms. The van der Waals surface area contributed by atoms with Crippen LogP contribution in [-0.2, 0) is 0 Å². The van der Waals surface area contributed by atoms with Gasteiger partial charge in [0, 0.05) is 0 Å². The number of halogens is 3. The standard InChI is InChI=1S/C12H14F3NO/c1-16-7-9-6-11(9)8-2-4-10(5-3-8)17-12(13,14)15/h2-5,9,11,16H,6-7H2,1H3/t9-,11+/m0/s1. The van der Waals surface area contributed by atoms with E-state index in [-0.39, 0.29) is 5.75 Å². The monoisotopic (exact) mass is 245 g/mol. The lowest BCUT2D eigenvalue weighted by Gasteiger charge is -2.09. The van der Waals surface area contributed by atoms with Crippen molar-refractivity contribution in [2.45, 2.75) is 18.7 Å². The van der Waals surface area contributed by atoms with Crippen LogP contribution in [0.25, 0.3) is 0 Å². The maximum Gasteiger partial charge on any atom is 0.573 e. The van der Waals surface area contributed by atoms with E-state index in [4.69, 9.17) is 0 Å². The molecule has 5 heteroatoms. The van der Waals surface area contributed by atoms with Crippen LogP contribution in [0.3, 0.4) is 0 Å². The maximum atomic E-state index is 11.9. The predicted octanol–water partition coefficient (Wildman–Crippen LogP) is 2.91. The first-order valence-electron chi connectivity index (χ1n) is 5.50. The van der Waals surface area contributed by atoms with Gasteiger partial charge in [-0.1, -0.05) is 12.1 Å². The van der Waals surface area contributed by atoms with E-state index in [1.165, 1.54) is 12.1 Å². The molecule has 2 rings (SSSR count). The smallest absolute Gasteiger partial charge is 0.406 e. The highest BCUT2D eigenvalue weighted by Crippen LogP contribution is 2.47. The zero-order chi connectivity index (χ0) is 12.5. The minimum absolute atomic E-state index is 0.160. The van der Waals surface area contributed by atoms with Crippen LogP contribution in [0.1, 0.15) is 17.9 Å². The summed E-state index contributed by atoms with van der Waals surface area (Å²) in [6.45, 7) is 0.950. The minimum Gasteiger partial charge on any atom is -0.406 e. The summed E-state index contributed by atoms with van der Waals surface area (Å²) in [6.07, 6.45) is -3.52. The molecule has 0 bridgehead atoms. The molecule has 2 nitrogen and oxygen atoms in total. The Bertz CT molecular complexity index is 374. The highest BCUT2D eigenvalue weighted by Gasteiger charge is 2.37. The molecule has 0 saturated heterocycles. The van der Waals surface area contributed by atoms with Crippen molar-refractivity contribution in [2.24, 2.45) is 5.92 Å². The van der Waals surface area contributed by atoms with E-state index in [2.05, 4.69) is 10.1 Å². The fourth-order valence-electron chi connectivity index (χ4n) is 2.06. The molecular formula is C12H14F3NO. The Hall–Kier alpha value is -1.23. The molecule has 0 aromatic heterocycles. The van der Waals surface area contributed by atoms with Crippen LogP contribution >= 0.6 is 0 Å². The third kappa shape index (κ3) is 3.36. The first-order valence-corrected chi connectivity index (χ1v) is 5.50. The van der Waals surface area contributed by atoms with Gasteiger partial charge in [-0.3, -0.25) is 0 Å². The van der Waals surface area contributed by atoms with Crippen molar-refractivity contribution in [1.29, 1.82) is 0 Å².